The number of pyridine rings is 1. The fraction of sp³-hybridized carbons (Fsp3) is 0.125. The number of fused-ring (bicyclic) bond motifs is 4. The van der Waals surface area contributed by atoms with Crippen LogP contribution in [0.25, 0.3) is 44.1 Å². The molecule has 0 saturated heterocycles. The summed E-state index contributed by atoms with van der Waals surface area (Å²) in [7, 11) is 1.98. The van der Waals surface area contributed by atoms with E-state index in [0.29, 0.717) is 5.39 Å². The van der Waals surface area contributed by atoms with E-state index in [9.17, 15) is 4.39 Å². The highest BCUT2D eigenvalue weighted by atomic mass is 19.1. The first-order valence-corrected chi connectivity index (χ1v) is 9.05. The van der Waals surface area contributed by atoms with Crippen LogP contribution in [0.4, 0.5) is 4.39 Å². The average Bonchev–Trinajstić information content (AvgIpc) is 3.03. The van der Waals surface area contributed by atoms with Crippen molar-refractivity contribution in [2.24, 2.45) is 7.05 Å². The number of aromatic nitrogens is 1. The highest BCUT2D eigenvalue weighted by Crippen LogP contribution is 2.38. The number of benzene rings is 3. The lowest BCUT2D eigenvalue weighted by molar-refractivity contribution is -0.633. The van der Waals surface area contributed by atoms with Gasteiger partial charge in [0.25, 0.3) is 0 Å². The fourth-order valence-corrected chi connectivity index (χ4v) is 4.03. The Kier molecular flexibility index (Phi) is 3.35. The van der Waals surface area contributed by atoms with E-state index in [1.165, 1.54) is 17.2 Å². The molecule has 2 heterocycles. The molecular weight excluding hydrogens is 337 g/mol. The third-order valence-corrected chi connectivity index (χ3v) is 5.60. The lowest BCUT2D eigenvalue weighted by atomic mass is 9.96. The highest BCUT2D eigenvalue weighted by Gasteiger charge is 2.23. The molecule has 0 bridgehead atoms. The number of nitrogens with zero attached hydrogens (tertiary/aromatic N) is 1. The SMILES string of the molecule is Cc1cc2c(oc3ccccc32)c(-c2ccc3c(F)cccc3[n+]2C)c1C. The smallest absolute Gasteiger partial charge is 0.216 e. The van der Waals surface area contributed by atoms with E-state index >= 15 is 0 Å². The first-order valence-electron chi connectivity index (χ1n) is 9.05. The van der Waals surface area contributed by atoms with Gasteiger partial charge in [0.2, 0.25) is 11.2 Å². The molecule has 2 nitrogen and oxygen atoms in total. The number of furan rings is 1. The van der Waals surface area contributed by atoms with Gasteiger partial charge in [-0.1, -0.05) is 24.3 Å². The highest BCUT2D eigenvalue weighted by molar-refractivity contribution is 6.10. The summed E-state index contributed by atoms with van der Waals surface area (Å²) in [5.41, 5.74) is 7.08. The standard InChI is InChI=1S/C24H19FNO/c1-14-13-18-16-7-4-5-10-22(16)27-24(18)23(15(14)2)21-12-11-17-19(25)8-6-9-20(17)26(21)3/h4-13H,1-3H3/q+1. The number of hydrogen-bond donors (Lipinski definition) is 0. The third kappa shape index (κ3) is 2.21. The Morgan fingerprint density at radius 2 is 1.67 bits per heavy atom. The first kappa shape index (κ1) is 16.0. The zero-order valence-electron chi connectivity index (χ0n) is 15.5. The Hall–Kier alpha value is -3.20. The van der Waals surface area contributed by atoms with Crippen molar-refractivity contribution in [2.45, 2.75) is 13.8 Å². The molecule has 0 saturated carbocycles. The van der Waals surface area contributed by atoms with Gasteiger partial charge in [-0.25, -0.2) is 4.39 Å². The van der Waals surface area contributed by atoms with Crippen LogP contribution in [0.5, 0.6) is 0 Å². The van der Waals surface area contributed by atoms with Gasteiger partial charge < -0.3 is 4.42 Å². The van der Waals surface area contributed by atoms with Gasteiger partial charge in [-0.2, -0.15) is 4.57 Å². The summed E-state index contributed by atoms with van der Waals surface area (Å²) in [5.74, 6) is -0.204. The van der Waals surface area contributed by atoms with E-state index in [4.69, 9.17) is 4.42 Å². The van der Waals surface area contributed by atoms with Crippen LogP contribution in [-0.4, -0.2) is 0 Å². The summed E-state index contributed by atoms with van der Waals surface area (Å²) < 4.78 is 22.5. The molecule has 0 aliphatic carbocycles. The lowest BCUT2D eigenvalue weighted by Gasteiger charge is -2.10. The number of halogens is 1. The number of aryl methyl sites for hydroxylation is 2. The second-order valence-corrected chi connectivity index (χ2v) is 7.12. The molecule has 5 rings (SSSR count). The van der Waals surface area contributed by atoms with Crippen LogP contribution in [0.3, 0.4) is 0 Å². The molecular formula is C24H19FNO+. The molecule has 2 aromatic heterocycles. The molecule has 0 atom stereocenters. The van der Waals surface area contributed by atoms with Crippen LogP contribution < -0.4 is 4.57 Å². The van der Waals surface area contributed by atoms with Crippen molar-refractivity contribution in [3.8, 4) is 11.3 Å². The zero-order chi connectivity index (χ0) is 18.7. The lowest BCUT2D eigenvalue weighted by Crippen LogP contribution is -2.32. The van der Waals surface area contributed by atoms with Gasteiger partial charge >= 0.3 is 0 Å². The van der Waals surface area contributed by atoms with E-state index in [1.54, 1.807) is 6.07 Å². The van der Waals surface area contributed by atoms with Gasteiger partial charge in [0.1, 0.15) is 24.0 Å². The van der Waals surface area contributed by atoms with E-state index in [0.717, 1.165) is 38.7 Å². The third-order valence-electron chi connectivity index (χ3n) is 5.60. The minimum absolute atomic E-state index is 0.204. The van der Waals surface area contributed by atoms with Crippen molar-refractivity contribution in [2.75, 3.05) is 0 Å². The van der Waals surface area contributed by atoms with Crippen LogP contribution in [0.1, 0.15) is 11.1 Å². The second kappa shape index (κ2) is 5.65. The average molecular weight is 356 g/mol. The molecule has 0 N–H and O–H groups in total. The molecule has 0 aliphatic heterocycles. The number of para-hydroxylation sites is 1. The van der Waals surface area contributed by atoms with Crippen molar-refractivity contribution < 1.29 is 13.4 Å². The summed E-state index contributed by atoms with van der Waals surface area (Å²) >= 11 is 0. The fourth-order valence-electron chi connectivity index (χ4n) is 4.03. The molecule has 5 aromatic rings. The van der Waals surface area contributed by atoms with Crippen LogP contribution in [0.15, 0.2) is 65.1 Å². The minimum atomic E-state index is -0.204. The van der Waals surface area contributed by atoms with Gasteiger partial charge in [0.15, 0.2) is 0 Å². The molecule has 0 fully saturated rings. The van der Waals surface area contributed by atoms with Gasteiger partial charge in [0.05, 0.1) is 10.9 Å². The molecule has 0 aliphatic rings. The van der Waals surface area contributed by atoms with Gasteiger partial charge in [-0.05, 0) is 49.2 Å². The van der Waals surface area contributed by atoms with Crippen molar-refractivity contribution >= 4 is 32.8 Å². The summed E-state index contributed by atoms with van der Waals surface area (Å²) in [6.07, 6.45) is 0. The largest absolute Gasteiger partial charge is 0.455 e. The Morgan fingerprint density at radius 3 is 2.52 bits per heavy atom. The Bertz CT molecular complexity index is 1360. The predicted octanol–water partition coefficient (Wildman–Crippen LogP) is 5.99. The monoisotopic (exact) mass is 356 g/mol. The first-order chi connectivity index (χ1) is 13.1. The summed E-state index contributed by atoms with van der Waals surface area (Å²) in [6.45, 7) is 4.24. The maximum atomic E-state index is 14.2. The molecule has 0 amide bonds. The van der Waals surface area contributed by atoms with E-state index in [2.05, 4.69) is 26.0 Å². The van der Waals surface area contributed by atoms with Crippen LogP contribution >= 0.6 is 0 Å². The summed E-state index contributed by atoms with van der Waals surface area (Å²) in [5, 5.41) is 2.85. The predicted molar refractivity (Wildman–Crippen MR) is 107 cm³/mol. The molecule has 3 aromatic carbocycles. The summed E-state index contributed by atoms with van der Waals surface area (Å²) in [6, 6.07) is 19.3. The molecule has 3 heteroatoms. The minimum Gasteiger partial charge on any atom is -0.455 e. The number of rotatable bonds is 1. The molecule has 0 unspecified atom stereocenters. The van der Waals surface area contributed by atoms with Crippen LogP contribution in [0, 0.1) is 19.7 Å². The second-order valence-electron chi connectivity index (χ2n) is 7.12. The Labute approximate surface area is 156 Å². The summed E-state index contributed by atoms with van der Waals surface area (Å²) in [4.78, 5) is 0. The molecule has 27 heavy (non-hydrogen) atoms. The quantitative estimate of drug-likeness (QED) is 0.337. The number of hydrogen-bond acceptors (Lipinski definition) is 1. The van der Waals surface area contributed by atoms with Gasteiger partial charge in [0, 0.05) is 22.9 Å². The van der Waals surface area contributed by atoms with Crippen molar-refractivity contribution in [1.29, 1.82) is 0 Å². The maximum Gasteiger partial charge on any atom is 0.216 e. The molecule has 0 spiro atoms. The van der Waals surface area contributed by atoms with Crippen molar-refractivity contribution in [3.05, 3.63) is 77.6 Å². The Morgan fingerprint density at radius 1 is 0.852 bits per heavy atom. The molecule has 132 valence electrons. The molecule has 0 radical (unpaired) electrons. The van der Waals surface area contributed by atoms with Crippen molar-refractivity contribution in [1.82, 2.24) is 0 Å². The van der Waals surface area contributed by atoms with E-state index < -0.39 is 0 Å². The Balaban J connectivity index is 1.94. The van der Waals surface area contributed by atoms with Gasteiger partial charge in [-0.3, -0.25) is 0 Å². The van der Waals surface area contributed by atoms with Crippen LogP contribution in [-0.2, 0) is 7.05 Å². The van der Waals surface area contributed by atoms with E-state index in [-0.39, 0.29) is 5.82 Å². The maximum absolute atomic E-state index is 14.2. The topological polar surface area (TPSA) is 17.0 Å². The van der Waals surface area contributed by atoms with E-state index in [1.807, 2.05) is 48.0 Å². The van der Waals surface area contributed by atoms with Gasteiger partial charge in [-0.15, -0.1) is 0 Å². The van der Waals surface area contributed by atoms with Crippen molar-refractivity contribution in [3.63, 3.8) is 0 Å². The van der Waals surface area contributed by atoms with Crippen LogP contribution in [0.2, 0.25) is 0 Å². The normalized spacial score (nSPS) is 11.7. The zero-order valence-corrected chi connectivity index (χ0v) is 15.5.